The largest absolute Gasteiger partial charge is 0.497 e. The molecule has 36 heavy (non-hydrogen) atoms. The van der Waals surface area contributed by atoms with Gasteiger partial charge < -0.3 is 9.15 Å². The number of nitrogens with zero attached hydrogens (tertiary/aromatic N) is 2. The third kappa shape index (κ3) is 5.67. The van der Waals surface area contributed by atoms with Crippen LogP contribution >= 0.6 is 0 Å². The molecule has 0 unspecified atom stereocenters. The van der Waals surface area contributed by atoms with Crippen molar-refractivity contribution in [3.8, 4) is 5.75 Å². The molecule has 0 spiro atoms. The third-order valence-electron chi connectivity index (χ3n) is 6.54. The molecule has 0 bridgehead atoms. The van der Waals surface area contributed by atoms with Crippen molar-refractivity contribution in [2.45, 2.75) is 61.5 Å². The summed E-state index contributed by atoms with van der Waals surface area (Å²) in [6, 6.07) is 16.1. The van der Waals surface area contributed by atoms with Crippen molar-refractivity contribution in [3.63, 3.8) is 0 Å². The minimum Gasteiger partial charge on any atom is -0.497 e. The van der Waals surface area contributed by atoms with Gasteiger partial charge in [0.15, 0.2) is 0 Å². The number of ether oxygens (including phenoxy) is 1. The summed E-state index contributed by atoms with van der Waals surface area (Å²) in [5.74, 6) is 1.18. The first-order chi connectivity index (χ1) is 17.3. The molecule has 3 aromatic rings. The lowest BCUT2D eigenvalue weighted by molar-refractivity contribution is 0.246. The normalized spacial score (nSPS) is 17.4. The van der Waals surface area contributed by atoms with Crippen LogP contribution in [0.1, 0.15) is 43.9 Å². The van der Waals surface area contributed by atoms with Gasteiger partial charge in [-0.2, -0.15) is 8.61 Å². The molecule has 2 aromatic carbocycles. The van der Waals surface area contributed by atoms with Crippen LogP contribution in [0, 0.1) is 0 Å². The van der Waals surface area contributed by atoms with Gasteiger partial charge in [0.1, 0.15) is 11.5 Å². The Kier molecular flexibility index (Phi) is 8.19. The van der Waals surface area contributed by atoms with Crippen LogP contribution in [0.3, 0.4) is 0 Å². The minimum atomic E-state index is -3.96. The number of rotatable bonds is 10. The van der Waals surface area contributed by atoms with Gasteiger partial charge in [-0.15, -0.1) is 0 Å². The molecule has 0 radical (unpaired) electrons. The Morgan fingerprint density at radius 2 is 1.64 bits per heavy atom. The number of sulfonamides is 2. The van der Waals surface area contributed by atoms with Crippen LogP contribution in [0.2, 0.25) is 0 Å². The molecule has 0 aliphatic carbocycles. The van der Waals surface area contributed by atoms with E-state index in [0.717, 1.165) is 31.2 Å². The van der Waals surface area contributed by atoms with Crippen LogP contribution in [-0.2, 0) is 33.1 Å². The van der Waals surface area contributed by atoms with E-state index >= 15 is 0 Å². The van der Waals surface area contributed by atoms with Crippen molar-refractivity contribution in [2.24, 2.45) is 0 Å². The van der Waals surface area contributed by atoms with E-state index in [1.165, 1.54) is 34.8 Å². The maximum atomic E-state index is 13.6. The fourth-order valence-corrected chi connectivity index (χ4v) is 7.66. The molecule has 1 saturated heterocycles. The fourth-order valence-electron chi connectivity index (χ4n) is 4.50. The summed E-state index contributed by atoms with van der Waals surface area (Å²) in [6.07, 6.45) is 4.93. The van der Waals surface area contributed by atoms with E-state index < -0.39 is 20.0 Å². The van der Waals surface area contributed by atoms with E-state index in [4.69, 9.17) is 9.15 Å². The lowest BCUT2D eigenvalue weighted by Crippen LogP contribution is -2.43. The van der Waals surface area contributed by atoms with Crippen LogP contribution in [0.4, 0.5) is 0 Å². The van der Waals surface area contributed by atoms with E-state index in [0.29, 0.717) is 18.1 Å². The second-order valence-corrected chi connectivity index (χ2v) is 12.7. The summed E-state index contributed by atoms with van der Waals surface area (Å²) in [5, 5.41) is 0. The zero-order valence-corrected chi connectivity index (χ0v) is 22.2. The number of piperidine rings is 1. The average molecular weight is 533 g/mol. The molecular formula is C26H32N2O6S2. The molecule has 8 nitrogen and oxygen atoms in total. The second kappa shape index (κ2) is 11.2. The predicted molar refractivity (Wildman–Crippen MR) is 136 cm³/mol. The molecule has 194 valence electrons. The maximum absolute atomic E-state index is 13.6. The summed E-state index contributed by atoms with van der Waals surface area (Å²) in [5.41, 5.74) is 0.779. The Morgan fingerprint density at radius 1 is 0.944 bits per heavy atom. The zero-order valence-electron chi connectivity index (χ0n) is 20.5. The van der Waals surface area contributed by atoms with Gasteiger partial charge >= 0.3 is 0 Å². The van der Waals surface area contributed by atoms with Gasteiger partial charge in [0, 0.05) is 19.1 Å². The summed E-state index contributed by atoms with van der Waals surface area (Å²) in [6.45, 7) is 2.62. The highest BCUT2D eigenvalue weighted by Crippen LogP contribution is 2.29. The van der Waals surface area contributed by atoms with Gasteiger partial charge in [0.2, 0.25) is 20.0 Å². The van der Waals surface area contributed by atoms with Crippen LogP contribution in [0.25, 0.3) is 0 Å². The molecule has 2 heterocycles. The minimum absolute atomic E-state index is 0.0206. The SMILES string of the molecule is CC[C@@H]1CCCCN1S(=O)(=O)c1ccc(S(=O)(=O)N(Cc2ccc(OC)cc2)Cc2ccco2)cc1. The number of hydrogen-bond donors (Lipinski definition) is 0. The Balaban J connectivity index is 1.61. The van der Waals surface area contributed by atoms with Gasteiger partial charge in [-0.1, -0.05) is 25.5 Å². The summed E-state index contributed by atoms with van der Waals surface area (Å²) in [7, 11) is -6.09. The number of methoxy groups -OCH3 is 1. The Labute approximate surface area is 213 Å². The highest BCUT2D eigenvalue weighted by Gasteiger charge is 2.33. The molecule has 0 saturated carbocycles. The molecule has 0 N–H and O–H groups in total. The summed E-state index contributed by atoms with van der Waals surface area (Å²) in [4.78, 5) is 0.127. The first-order valence-electron chi connectivity index (χ1n) is 12.0. The van der Waals surface area contributed by atoms with E-state index in [2.05, 4.69) is 0 Å². The zero-order chi connectivity index (χ0) is 25.8. The van der Waals surface area contributed by atoms with Crippen molar-refractivity contribution >= 4 is 20.0 Å². The summed E-state index contributed by atoms with van der Waals surface area (Å²) < 4.78 is 67.4. The van der Waals surface area contributed by atoms with Gasteiger partial charge in [-0.25, -0.2) is 16.8 Å². The van der Waals surface area contributed by atoms with Gasteiger partial charge in [-0.05, 0) is 73.4 Å². The summed E-state index contributed by atoms with van der Waals surface area (Å²) >= 11 is 0. The molecule has 1 aromatic heterocycles. The fraction of sp³-hybridized carbons (Fsp3) is 0.385. The molecule has 1 aliphatic rings. The molecule has 4 rings (SSSR count). The Hall–Kier alpha value is -2.66. The third-order valence-corrected chi connectivity index (χ3v) is 10.3. The quantitative estimate of drug-likeness (QED) is 0.378. The Morgan fingerprint density at radius 3 is 2.25 bits per heavy atom. The average Bonchev–Trinajstić information content (AvgIpc) is 3.42. The van der Waals surface area contributed by atoms with Crippen molar-refractivity contribution in [2.75, 3.05) is 13.7 Å². The molecule has 1 atom stereocenters. The van der Waals surface area contributed by atoms with Crippen LogP contribution < -0.4 is 4.74 Å². The van der Waals surface area contributed by atoms with E-state index in [9.17, 15) is 16.8 Å². The van der Waals surface area contributed by atoms with Gasteiger partial charge in [0.05, 0.1) is 29.7 Å². The smallest absolute Gasteiger partial charge is 0.243 e. The highest BCUT2D eigenvalue weighted by atomic mass is 32.2. The van der Waals surface area contributed by atoms with E-state index in [-0.39, 0.29) is 28.9 Å². The van der Waals surface area contributed by atoms with Crippen molar-refractivity contribution < 1.29 is 26.0 Å². The number of benzene rings is 2. The topological polar surface area (TPSA) is 97.1 Å². The van der Waals surface area contributed by atoms with Crippen molar-refractivity contribution in [3.05, 3.63) is 78.3 Å². The monoisotopic (exact) mass is 532 g/mol. The molecule has 1 aliphatic heterocycles. The number of furan rings is 1. The Bertz CT molecular complexity index is 1340. The molecular weight excluding hydrogens is 500 g/mol. The molecule has 1 fully saturated rings. The van der Waals surface area contributed by atoms with Gasteiger partial charge in [0.25, 0.3) is 0 Å². The highest BCUT2D eigenvalue weighted by molar-refractivity contribution is 7.89. The van der Waals surface area contributed by atoms with E-state index in [1.54, 1.807) is 35.7 Å². The lowest BCUT2D eigenvalue weighted by Gasteiger charge is -2.34. The predicted octanol–water partition coefficient (Wildman–Crippen LogP) is 4.63. The first kappa shape index (κ1) is 26.4. The molecule has 10 heteroatoms. The van der Waals surface area contributed by atoms with Crippen molar-refractivity contribution in [1.29, 1.82) is 0 Å². The standard InChI is InChI=1S/C26H32N2O6S2/c1-3-22-7-4-5-17-28(22)36(31,32)26-15-13-25(14-16-26)35(29,30)27(20-24-8-6-18-34-24)19-21-9-11-23(33-2)12-10-21/h6,8-16,18,22H,3-5,7,17,19-20H2,1-2H3/t22-/m1/s1. The molecule has 0 amide bonds. The van der Waals surface area contributed by atoms with E-state index in [1.807, 2.05) is 19.1 Å². The van der Waals surface area contributed by atoms with Crippen LogP contribution in [0.5, 0.6) is 5.75 Å². The second-order valence-electron chi connectivity index (χ2n) is 8.85. The van der Waals surface area contributed by atoms with Crippen molar-refractivity contribution in [1.82, 2.24) is 8.61 Å². The first-order valence-corrected chi connectivity index (χ1v) is 14.9. The van der Waals surface area contributed by atoms with Crippen LogP contribution in [0.15, 0.2) is 81.1 Å². The lowest BCUT2D eigenvalue weighted by atomic mass is 10.0. The van der Waals surface area contributed by atoms with Crippen LogP contribution in [-0.4, -0.2) is 45.1 Å². The number of hydrogen-bond acceptors (Lipinski definition) is 6. The maximum Gasteiger partial charge on any atom is 0.243 e. The van der Waals surface area contributed by atoms with Gasteiger partial charge in [-0.3, -0.25) is 0 Å².